The van der Waals surface area contributed by atoms with Gasteiger partial charge in [0, 0.05) is 6.08 Å². The van der Waals surface area contributed by atoms with Crippen LogP contribution in [0, 0.1) is 0 Å². The van der Waals surface area contributed by atoms with Gasteiger partial charge in [-0.2, -0.15) is 0 Å². The average molecular weight is 337 g/mol. The van der Waals surface area contributed by atoms with E-state index in [0.717, 1.165) is 12.8 Å². The Kier molecular flexibility index (Phi) is 19.1. The van der Waals surface area contributed by atoms with Gasteiger partial charge in [0.15, 0.2) is 0 Å². The van der Waals surface area contributed by atoms with Crippen molar-refractivity contribution < 1.29 is 9.53 Å². The third-order valence-electron chi connectivity index (χ3n) is 4.33. The van der Waals surface area contributed by atoms with E-state index in [1.165, 1.54) is 89.5 Å². The number of hydrogen-bond acceptors (Lipinski definition) is 2. The summed E-state index contributed by atoms with van der Waals surface area (Å²) < 4.78 is 4.96. The minimum Gasteiger partial charge on any atom is -0.463 e. The molecule has 0 aromatic rings. The number of ether oxygens (including phenoxy) is 1. The molecule has 0 unspecified atom stereocenters. The molecule has 0 N–H and O–H groups in total. The fraction of sp³-hybridized carbons (Fsp3) is 0.773. The van der Waals surface area contributed by atoms with Crippen LogP contribution in [0.1, 0.15) is 103 Å². The maximum atomic E-state index is 10.8. The number of carbonyl (C=O) groups excluding carboxylic acids is 1. The van der Waals surface area contributed by atoms with Gasteiger partial charge in [-0.3, -0.25) is 0 Å². The first-order chi connectivity index (χ1) is 11.8. The van der Waals surface area contributed by atoms with Gasteiger partial charge < -0.3 is 4.74 Å². The van der Waals surface area contributed by atoms with Gasteiger partial charge in [-0.1, -0.05) is 96.3 Å². The average Bonchev–Trinajstić information content (AvgIpc) is 2.60. The normalized spacial score (nSPS) is 11.0. The van der Waals surface area contributed by atoms with Gasteiger partial charge in [-0.25, -0.2) is 4.79 Å². The van der Waals surface area contributed by atoms with Crippen LogP contribution in [0.4, 0.5) is 0 Å². The van der Waals surface area contributed by atoms with E-state index < -0.39 is 0 Å². The first kappa shape index (κ1) is 22.9. The monoisotopic (exact) mass is 336 g/mol. The molecule has 2 heteroatoms. The van der Waals surface area contributed by atoms with E-state index in [9.17, 15) is 4.79 Å². The van der Waals surface area contributed by atoms with E-state index >= 15 is 0 Å². The number of esters is 1. The van der Waals surface area contributed by atoms with E-state index in [-0.39, 0.29) is 5.97 Å². The Balaban J connectivity index is 3.04. The van der Waals surface area contributed by atoms with Crippen LogP contribution in [-0.2, 0) is 9.53 Å². The molecule has 24 heavy (non-hydrogen) atoms. The molecule has 0 spiro atoms. The second-order valence-electron chi connectivity index (χ2n) is 6.64. The molecule has 0 aliphatic carbocycles. The third-order valence-corrected chi connectivity index (χ3v) is 4.33. The van der Waals surface area contributed by atoms with E-state index in [2.05, 4.69) is 25.7 Å². The summed E-state index contributed by atoms with van der Waals surface area (Å²) in [7, 11) is 0. The van der Waals surface area contributed by atoms with Crippen molar-refractivity contribution in [1.29, 1.82) is 0 Å². The molecule has 2 nitrogen and oxygen atoms in total. The Morgan fingerprint density at radius 3 is 1.67 bits per heavy atom. The molecule has 0 fully saturated rings. The number of hydrogen-bond donors (Lipinski definition) is 0. The molecular weight excluding hydrogens is 296 g/mol. The molecule has 0 saturated carbocycles. The highest BCUT2D eigenvalue weighted by molar-refractivity contribution is 5.81. The van der Waals surface area contributed by atoms with Crippen LogP contribution < -0.4 is 0 Å². The highest BCUT2D eigenvalue weighted by atomic mass is 16.5. The van der Waals surface area contributed by atoms with Gasteiger partial charge in [0.05, 0.1) is 6.61 Å². The molecule has 0 heterocycles. The molecule has 0 rings (SSSR count). The van der Waals surface area contributed by atoms with Crippen LogP contribution in [0.15, 0.2) is 24.8 Å². The lowest BCUT2D eigenvalue weighted by molar-refractivity contribution is -0.137. The minimum absolute atomic E-state index is 0.302. The van der Waals surface area contributed by atoms with Crippen molar-refractivity contribution in [2.45, 2.75) is 103 Å². The summed E-state index contributed by atoms with van der Waals surface area (Å²) in [6, 6.07) is 0. The molecular formula is C22H40O2. The lowest BCUT2D eigenvalue weighted by atomic mass is 10.0. The number of unbranched alkanes of at least 4 members (excludes halogenated alkanes) is 13. The summed E-state index contributed by atoms with van der Waals surface area (Å²) in [6.45, 7) is 6.12. The number of allylic oxidation sites excluding steroid dienone is 2. The van der Waals surface area contributed by atoms with Crippen molar-refractivity contribution in [1.82, 2.24) is 0 Å². The third kappa shape index (κ3) is 19.0. The Hall–Kier alpha value is -1.05. The zero-order valence-corrected chi connectivity index (χ0v) is 16.1. The van der Waals surface area contributed by atoms with Crippen LogP contribution >= 0.6 is 0 Å². The fourth-order valence-electron chi connectivity index (χ4n) is 2.82. The summed E-state index contributed by atoms with van der Waals surface area (Å²) in [4.78, 5) is 10.8. The Morgan fingerprint density at radius 1 is 0.750 bits per heavy atom. The van der Waals surface area contributed by atoms with Crippen molar-refractivity contribution in [3.63, 3.8) is 0 Å². The fourth-order valence-corrected chi connectivity index (χ4v) is 2.82. The zero-order valence-electron chi connectivity index (χ0n) is 16.1. The summed E-state index contributed by atoms with van der Waals surface area (Å²) in [5, 5.41) is 0. The molecule has 0 radical (unpaired) electrons. The largest absolute Gasteiger partial charge is 0.463 e. The van der Waals surface area contributed by atoms with Crippen molar-refractivity contribution >= 4 is 5.97 Å². The smallest absolute Gasteiger partial charge is 0.330 e. The Bertz CT molecular complexity index is 307. The topological polar surface area (TPSA) is 26.3 Å². The molecule has 0 atom stereocenters. The SMILES string of the molecule is C=CC(=O)OCCCCCCCCCCCCCCC/C=C/CC. The lowest BCUT2D eigenvalue weighted by Gasteiger charge is -2.03. The maximum Gasteiger partial charge on any atom is 0.330 e. The minimum atomic E-state index is -0.302. The quantitative estimate of drug-likeness (QED) is 0.115. The van der Waals surface area contributed by atoms with Crippen molar-refractivity contribution in [3.05, 3.63) is 24.8 Å². The summed E-state index contributed by atoms with van der Waals surface area (Å²) in [5.41, 5.74) is 0. The summed E-state index contributed by atoms with van der Waals surface area (Å²) >= 11 is 0. The van der Waals surface area contributed by atoms with Gasteiger partial charge >= 0.3 is 5.97 Å². The van der Waals surface area contributed by atoms with Gasteiger partial charge in [0.25, 0.3) is 0 Å². The summed E-state index contributed by atoms with van der Waals surface area (Å²) in [5.74, 6) is -0.302. The van der Waals surface area contributed by atoms with Crippen LogP contribution in [-0.4, -0.2) is 12.6 Å². The highest BCUT2D eigenvalue weighted by Crippen LogP contribution is 2.13. The standard InChI is InChI=1S/C22H40O2/c1-3-5-6-7-8-9-10-11-12-13-14-15-16-17-18-19-20-21-24-22(23)4-2/h4-6H,2-3,7-21H2,1H3/b6-5+. The van der Waals surface area contributed by atoms with Crippen molar-refractivity contribution in [2.75, 3.05) is 6.61 Å². The predicted octanol–water partition coefficient (Wildman–Crippen LogP) is 7.14. The van der Waals surface area contributed by atoms with Crippen molar-refractivity contribution in [3.8, 4) is 0 Å². The van der Waals surface area contributed by atoms with Gasteiger partial charge in [-0.15, -0.1) is 0 Å². The van der Waals surface area contributed by atoms with Gasteiger partial charge in [0.1, 0.15) is 0 Å². The molecule has 0 aromatic heterocycles. The first-order valence-electron chi connectivity index (χ1n) is 10.3. The van der Waals surface area contributed by atoms with E-state index in [0.29, 0.717) is 6.61 Å². The van der Waals surface area contributed by atoms with Crippen molar-refractivity contribution in [2.24, 2.45) is 0 Å². The second kappa shape index (κ2) is 20.0. The van der Waals surface area contributed by atoms with Gasteiger partial charge in [0.2, 0.25) is 0 Å². The van der Waals surface area contributed by atoms with E-state index in [1.54, 1.807) is 0 Å². The zero-order chi connectivity index (χ0) is 17.7. The van der Waals surface area contributed by atoms with E-state index in [1.807, 2.05) is 0 Å². The Morgan fingerprint density at radius 2 is 1.21 bits per heavy atom. The maximum absolute atomic E-state index is 10.8. The van der Waals surface area contributed by atoms with Crippen LogP contribution in [0.3, 0.4) is 0 Å². The Labute approximate surface area is 150 Å². The molecule has 0 saturated heterocycles. The number of rotatable bonds is 18. The molecule has 0 aromatic carbocycles. The molecule has 0 bridgehead atoms. The van der Waals surface area contributed by atoms with Gasteiger partial charge in [-0.05, 0) is 25.7 Å². The van der Waals surface area contributed by atoms with E-state index in [4.69, 9.17) is 4.74 Å². The first-order valence-corrected chi connectivity index (χ1v) is 10.3. The summed E-state index contributed by atoms with van der Waals surface area (Å²) in [6.07, 6.45) is 25.6. The predicted molar refractivity (Wildman–Crippen MR) is 105 cm³/mol. The molecule has 0 amide bonds. The highest BCUT2D eigenvalue weighted by Gasteiger charge is 1.96. The van der Waals surface area contributed by atoms with Crippen LogP contribution in [0.2, 0.25) is 0 Å². The van der Waals surface area contributed by atoms with Crippen LogP contribution in [0.5, 0.6) is 0 Å². The lowest BCUT2D eigenvalue weighted by Crippen LogP contribution is -2.01. The molecule has 140 valence electrons. The molecule has 0 aliphatic rings. The number of carbonyl (C=O) groups is 1. The van der Waals surface area contributed by atoms with Crippen LogP contribution in [0.25, 0.3) is 0 Å². The second-order valence-corrected chi connectivity index (χ2v) is 6.64. The molecule has 0 aliphatic heterocycles.